The van der Waals surface area contributed by atoms with Crippen molar-refractivity contribution in [3.05, 3.63) is 40.3 Å². The molecule has 0 amide bonds. The van der Waals surface area contributed by atoms with E-state index in [1.54, 1.807) is 11.3 Å². The lowest BCUT2D eigenvalue weighted by atomic mass is 10.2. The van der Waals surface area contributed by atoms with Gasteiger partial charge in [0.25, 0.3) is 0 Å². The fourth-order valence-corrected chi connectivity index (χ4v) is 2.83. The van der Waals surface area contributed by atoms with E-state index < -0.39 is 0 Å². The Morgan fingerprint density at radius 3 is 2.86 bits per heavy atom. The number of thiazole rings is 1. The number of nitrogen functional groups attached to an aromatic ring is 1. The fraction of sp³-hybridized carbons (Fsp3) is 0.214. The highest BCUT2D eigenvalue weighted by Crippen LogP contribution is 2.22. The van der Waals surface area contributed by atoms with Crippen molar-refractivity contribution in [1.82, 2.24) is 15.0 Å². The Labute approximate surface area is 126 Å². The fourth-order valence-electron chi connectivity index (χ4n) is 2.03. The van der Waals surface area contributed by atoms with Crippen molar-refractivity contribution in [3.63, 3.8) is 0 Å². The number of nitrogens with one attached hydrogen (secondary N) is 2. The third-order valence-electron chi connectivity index (χ3n) is 3.09. The van der Waals surface area contributed by atoms with Gasteiger partial charge in [0.05, 0.1) is 12.1 Å². The predicted octanol–water partition coefficient (Wildman–Crippen LogP) is 2.55. The van der Waals surface area contributed by atoms with Crippen molar-refractivity contribution in [2.75, 3.05) is 10.7 Å². The molecule has 4 N–H and O–H groups in total. The number of hydrogen-bond acceptors (Lipinski definition) is 7. The summed E-state index contributed by atoms with van der Waals surface area (Å²) in [5.41, 5.74) is 3.34. The zero-order chi connectivity index (χ0) is 14.7. The maximum atomic E-state index is 5.43. The van der Waals surface area contributed by atoms with Gasteiger partial charge in [-0.3, -0.25) is 5.43 Å². The van der Waals surface area contributed by atoms with E-state index >= 15 is 0 Å². The van der Waals surface area contributed by atoms with Crippen molar-refractivity contribution in [2.24, 2.45) is 5.84 Å². The summed E-state index contributed by atoms with van der Waals surface area (Å²) in [5, 5.41) is 5.32. The third-order valence-corrected chi connectivity index (χ3v) is 4.23. The lowest BCUT2D eigenvalue weighted by molar-refractivity contribution is 1.06. The van der Waals surface area contributed by atoms with E-state index in [9.17, 15) is 0 Å². The molecule has 1 aromatic carbocycles. The van der Waals surface area contributed by atoms with E-state index in [1.165, 1.54) is 4.88 Å². The Balaban J connectivity index is 1.88. The maximum absolute atomic E-state index is 5.43. The van der Waals surface area contributed by atoms with E-state index in [-0.39, 0.29) is 0 Å². The monoisotopic (exact) mass is 300 g/mol. The number of fused-ring (bicyclic) bond motifs is 1. The van der Waals surface area contributed by atoms with Crippen LogP contribution in [0.15, 0.2) is 30.5 Å². The minimum Gasteiger partial charge on any atom is -0.363 e. The van der Waals surface area contributed by atoms with Crippen LogP contribution in [-0.4, -0.2) is 15.0 Å². The number of nitrogens with zero attached hydrogens (tertiary/aromatic N) is 3. The molecule has 0 atom stereocenters. The van der Waals surface area contributed by atoms with Crippen LogP contribution < -0.4 is 16.6 Å². The van der Waals surface area contributed by atoms with Gasteiger partial charge in [0.1, 0.15) is 10.8 Å². The van der Waals surface area contributed by atoms with E-state index in [0.29, 0.717) is 12.5 Å². The van der Waals surface area contributed by atoms with Gasteiger partial charge in [-0.25, -0.2) is 15.8 Å². The number of benzene rings is 1. The average Bonchev–Trinajstić information content (AvgIpc) is 3.00. The summed E-state index contributed by atoms with van der Waals surface area (Å²) in [4.78, 5) is 14.4. The summed E-state index contributed by atoms with van der Waals surface area (Å²) in [6, 6.07) is 7.82. The van der Waals surface area contributed by atoms with Gasteiger partial charge in [-0.1, -0.05) is 19.1 Å². The lowest BCUT2D eigenvalue weighted by Crippen LogP contribution is -2.12. The number of rotatable bonds is 5. The first-order valence-corrected chi connectivity index (χ1v) is 7.52. The highest BCUT2D eigenvalue weighted by Gasteiger charge is 2.07. The van der Waals surface area contributed by atoms with Crippen LogP contribution in [-0.2, 0) is 13.0 Å². The molecule has 0 radical (unpaired) electrons. The molecule has 3 rings (SSSR count). The zero-order valence-electron chi connectivity index (χ0n) is 11.6. The standard InChI is InChI=1S/C14H16N6S/c1-2-9-7-16-12(21-9)8-17-13-10-5-3-4-6-11(10)18-14(19-13)20-15/h3-7H,2,8,15H2,1H3,(H2,17,18,19,20). The van der Waals surface area contributed by atoms with Gasteiger partial charge in [0.15, 0.2) is 0 Å². The molecule has 0 saturated carbocycles. The number of hydrazine groups is 1. The molecular weight excluding hydrogens is 284 g/mol. The number of anilines is 2. The van der Waals surface area contributed by atoms with Crippen LogP contribution >= 0.6 is 11.3 Å². The summed E-state index contributed by atoms with van der Waals surface area (Å²) in [6.07, 6.45) is 2.93. The van der Waals surface area contributed by atoms with E-state index in [4.69, 9.17) is 5.84 Å². The SMILES string of the molecule is CCc1cnc(CNc2nc(NN)nc3ccccc23)s1. The van der Waals surface area contributed by atoms with Crippen molar-refractivity contribution < 1.29 is 0 Å². The quantitative estimate of drug-likeness (QED) is 0.496. The number of para-hydroxylation sites is 1. The van der Waals surface area contributed by atoms with Crippen LogP contribution in [0, 0.1) is 0 Å². The second-order valence-corrected chi connectivity index (χ2v) is 5.68. The van der Waals surface area contributed by atoms with E-state index in [1.807, 2.05) is 30.5 Å². The normalized spacial score (nSPS) is 10.8. The molecule has 0 bridgehead atoms. The smallest absolute Gasteiger partial charge is 0.239 e. The Hall–Kier alpha value is -2.25. The summed E-state index contributed by atoms with van der Waals surface area (Å²) in [7, 11) is 0. The molecule has 0 spiro atoms. The van der Waals surface area contributed by atoms with Crippen molar-refractivity contribution >= 4 is 34.0 Å². The van der Waals surface area contributed by atoms with Crippen LogP contribution in [0.4, 0.5) is 11.8 Å². The molecule has 0 fully saturated rings. The molecule has 6 nitrogen and oxygen atoms in total. The van der Waals surface area contributed by atoms with Crippen molar-refractivity contribution in [2.45, 2.75) is 19.9 Å². The molecule has 21 heavy (non-hydrogen) atoms. The summed E-state index contributed by atoms with van der Waals surface area (Å²) in [6.45, 7) is 2.76. The van der Waals surface area contributed by atoms with Gasteiger partial charge < -0.3 is 5.32 Å². The van der Waals surface area contributed by atoms with Crippen molar-refractivity contribution in [1.29, 1.82) is 0 Å². The van der Waals surface area contributed by atoms with Gasteiger partial charge in [-0.2, -0.15) is 4.98 Å². The summed E-state index contributed by atoms with van der Waals surface area (Å²) in [5.74, 6) is 6.57. The van der Waals surface area contributed by atoms with Gasteiger partial charge in [-0.15, -0.1) is 11.3 Å². The Kier molecular flexibility index (Phi) is 3.94. The molecule has 0 aliphatic heterocycles. The minimum absolute atomic E-state index is 0.393. The first kappa shape index (κ1) is 13.7. The number of nitrogens with two attached hydrogens (primary N) is 1. The molecule has 0 saturated heterocycles. The molecule has 0 unspecified atom stereocenters. The predicted molar refractivity (Wildman–Crippen MR) is 86.2 cm³/mol. The van der Waals surface area contributed by atoms with Crippen LogP contribution in [0.5, 0.6) is 0 Å². The highest BCUT2D eigenvalue weighted by atomic mass is 32.1. The average molecular weight is 300 g/mol. The topological polar surface area (TPSA) is 88.8 Å². The summed E-state index contributed by atoms with van der Waals surface area (Å²) < 4.78 is 0. The van der Waals surface area contributed by atoms with Crippen LogP contribution in [0.2, 0.25) is 0 Å². The van der Waals surface area contributed by atoms with Gasteiger partial charge in [0, 0.05) is 16.5 Å². The van der Waals surface area contributed by atoms with E-state index in [2.05, 4.69) is 32.6 Å². The van der Waals surface area contributed by atoms with Crippen molar-refractivity contribution in [3.8, 4) is 0 Å². The highest BCUT2D eigenvalue weighted by molar-refractivity contribution is 7.11. The number of aryl methyl sites for hydroxylation is 1. The van der Waals surface area contributed by atoms with Crippen LogP contribution in [0.25, 0.3) is 10.9 Å². The minimum atomic E-state index is 0.393. The summed E-state index contributed by atoms with van der Waals surface area (Å²) >= 11 is 1.71. The first-order chi connectivity index (χ1) is 10.3. The second kappa shape index (κ2) is 6.02. The molecule has 2 aromatic heterocycles. The molecule has 3 aromatic rings. The van der Waals surface area contributed by atoms with Gasteiger partial charge in [0.2, 0.25) is 5.95 Å². The number of aromatic nitrogens is 3. The van der Waals surface area contributed by atoms with Crippen LogP contribution in [0.3, 0.4) is 0 Å². The number of hydrogen-bond donors (Lipinski definition) is 3. The molecule has 108 valence electrons. The van der Waals surface area contributed by atoms with Gasteiger partial charge >= 0.3 is 0 Å². The zero-order valence-corrected chi connectivity index (χ0v) is 12.4. The molecule has 2 heterocycles. The third kappa shape index (κ3) is 2.93. The molecule has 0 aliphatic carbocycles. The molecule has 0 aliphatic rings. The Morgan fingerprint density at radius 1 is 1.24 bits per heavy atom. The maximum Gasteiger partial charge on any atom is 0.239 e. The van der Waals surface area contributed by atoms with E-state index in [0.717, 1.165) is 28.1 Å². The lowest BCUT2D eigenvalue weighted by Gasteiger charge is -2.09. The Bertz CT molecular complexity index is 754. The van der Waals surface area contributed by atoms with Gasteiger partial charge in [-0.05, 0) is 18.6 Å². The Morgan fingerprint density at radius 2 is 2.10 bits per heavy atom. The first-order valence-electron chi connectivity index (χ1n) is 6.71. The second-order valence-electron chi connectivity index (χ2n) is 4.48. The molecular formula is C14H16N6S. The largest absolute Gasteiger partial charge is 0.363 e. The van der Waals surface area contributed by atoms with Crippen LogP contribution in [0.1, 0.15) is 16.8 Å². The molecule has 7 heteroatoms.